The van der Waals surface area contributed by atoms with Crippen LogP contribution in [-0.2, 0) is 11.4 Å². The van der Waals surface area contributed by atoms with E-state index in [0.29, 0.717) is 11.0 Å². The Labute approximate surface area is 182 Å². The normalized spacial score (nSPS) is 11.9. The van der Waals surface area contributed by atoms with Crippen molar-refractivity contribution in [2.75, 3.05) is 11.2 Å². The van der Waals surface area contributed by atoms with Crippen LogP contribution in [0, 0.1) is 13.8 Å². The van der Waals surface area contributed by atoms with Gasteiger partial charge in [-0.2, -0.15) is 0 Å². The second kappa shape index (κ2) is 9.32. The van der Waals surface area contributed by atoms with Crippen molar-refractivity contribution in [3.05, 3.63) is 63.9 Å². The van der Waals surface area contributed by atoms with Crippen molar-refractivity contribution in [1.29, 1.82) is 0 Å². The standard InChI is InChI=1S/C20H22BrN5O2S/c1-12-5-4-6-13(2)18(12)28-11-17-24-25-20(26(17)22)29-14(3)19(27)23-16-9-7-15(21)8-10-16/h4-10,14H,11,22H2,1-3H3,(H,23,27). The zero-order valence-electron chi connectivity index (χ0n) is 16.3. The Balaban J connectivity index is 1.61. The van der Waals surface area contributed by atoms with Crippen LogP contribution in [0.15, 0.2) is 52.1 Å². The van der Waals surface area contributed by atoms with Crippen molar-refractivity contribution in [1.82, 2.24) is 14.9 Å². The maximum Gasteiger partial charge on any atom is 0.237 e. The fourth-order valence-corrected chi connectivity index (χ4v) is 3.69. The summed E-state index contributed by atoms with van der Waals surface area (Å²) < 4.78 is 8.20. The summed E-state index contributed by atoms with van der Waals surface area (Å²) in [4.78, 5) is 12.4. The van der Waals surface area contributed by atoms with E-state index in [9.17, 15) is 4.79 Å². The molecule has 0 bridgehead atoms. The average molecular weight is 476 g/mol. The number of benzene rings is 2. The molecule has 0 saturated carbocycles. The third-order valence-corrected chi connectivity index (χ3v) is 5.84. The van der Waals surface area contributed by atoms with Gasteiger partial charge in [-0.25, -0.2) is 4.68 Å². The number of halogens is 1. The number of para-hydroxylation sites is 1. The molecule has 1 aromatic heterocycles. The molecule has 1 unspecified atom stereocenters. The van der Waals surface area contributed by atoms with Crippen LogP contribution in [0.25, 0.3) is 0 Å². The monoisotopic (exact) mass is 475 g/mol. The zero-order valence-corrected chi connectivity index (χ0v) is 18.8. The molecule has 3 aromatic rings. The van der Waals surface area contributed by atoms with Gasteiger partial charge < -0.3 is 15.9 Å². The van der Waals surface area contributed by atoms with E-state index in [0.717, 1.165) is 27.0 Å². The first-order valence-electron chi connectivity index (χ1n) is 8.96. The second-order valence-electron chi connectivity index (χ2n) is 6.53. The average Bonchev–Trinajstić information content (AvgIpc) is 3.03. The molecule has 0 saturated heterocycles. The topological polar surface area (TPSA) is 95.1 Å². The number of ether oxygens (including phenoxy) is 1. The Bertz CT molecular complexity index is 986. The first-order chi connectivity index (χ1) is 13.8. The molecule has 3 rings (SSSR count). The van der Waals surface area contributed by atoms with Gasteiger partial charge in [0, 0.05) is 10.2 Å². The molecule has 0 aliphatic rings. The predicted molar refractivity (Wildman–Crippen MR) is 119 cm³/mol. The van der Waals surface area contributed by atoms with E-state index in [1.807, 2.05) is 56.3 Å². The highest BCUT2D eigenvalue weighted by atomic mass is 79.9. The number of nitrogens with zero attached hydrogens (tertiary/aromatic N) is 3. The van der Waals surface area contributed by atoms with Crippen molar-refractivity contribution in [3.8, 4) is 5.75 Å². The molecular weight excluding hydrogens is 454 g/mol. The van der Waals surface area contributed by atoms with Crippen LogP contribution in [0.5, 0.6) is 5.75 Å². The summed E-state index contributed by atoms with van der Waals surface area (Å²) in [6.07, 6.45) is 0. The Kier molecular flexibility index (Phi) is 6.81. The Hall–Kier alpha value is -2.52. The molecule has 0 fully saturated rings. The number of nitrogens with two attached hydrogens (primary N) is 1. The minimum absolute atomic E-state index is 0.145. The van der Waals surface area contributed by atoms with E-state index >= 15 is 0 Å². The second-order valence-corrected chi connectivity index (χ2v) is 8.76. The first-order valence-corrected chi connectivity index (χ1v) is 10.6. The Morgan fingerprint density at radius 1 is 1.21 bits per heavy atom. The molecule has 1 atom stereocenters. The van der Waals surface area contributed by atoms with Gasteiger partial charge in [-0.15, -0.1) is 10.2 Å². The van der Waals surface area contributed by atoms with Crippen molar-refractivity contribution in [3.63, 3.8) is 0 Å². The molecule has 3 N–H and O–H groups in total. The van der Waals surface area contributed by atoms with Gasteiger partial charge in [-0.05, 0) is 56.2 Å². The van der Waals surface area contributed by atoms with Gasteiger partial charge in [-0.3, -0.25) is 4.79 Å². The van der Waals surface area contributed by atoms with Crippen molar-refractivity contribution in [2.45, 2.75) is 37.8 Å². The minimum Gasteiger partial charge on any atom is -0.485 e. The lowest BCUT2D eigenvalue weighted by atomic mass is 10.1. The number of amides is 1. The van der Waals surface area contributed by atoms with Gasteiger partial charge in [0.05, 0.1) is 5.25 Å². The van der Waals surface area contributed by atoms with Gasteiger partial charge in [0.15, 0.2) is 5.82 Å². The lowest BCUT2D eigenvalue weighted by Gasteiger charge is -2.13. The third-order valence-electron chi connectivity index (χ3n) is 4.25. The summed E-state index contributed by atoms with van der Waals surface area (Å²) in [5.41, 5.74) is 2.81. The van der Waals surface area contributed by atoms with Crippen LogP contribution in [0.2, 0.25) is 0 Å². The van der Waals surface area contributed by atoms with Crippen molar-refractivity contribution >= 4 is 39.3 Å². The molecule has 0 aliphatic carbocycles. The maximum absolute atomic E-state index is 12.4. The highest BCUT2D eigenvalue weighted by Gasteiger charge is 2.20. The molecule has 152 valence electrons. The number of hydrogen-bond acceptors (Lipinski definition) is 6. The number of nitrogen functional groups attached to an aromatic ring is 1. The molecular formula is C20H22BrN5O2S. The maximum atomic E-state index is 12.4. The molecule has 0 radical (unpaired) electrons. The van der Waals surface area contributed by atoms with E-state index in [-0.39, 0.29) is 12.5 Å². The number of carbonyl (C=O) groups is 1. The zero-order chi connectivity index (χ0) is 21.0. The van der Waals surface area contributed by atoms with Gasteiger partial charge >= 0.3 is 0 Å². The van der Waals surface area contributed by atoms with Gasteiger partial charge in [0.2, 0.25) is 11.1 Å². The van der Waals surface area contributed by atoms with Crippen molar-refractivity contribution < 1.29 is 9.53 Å². The summed E-state index contributed by atoms with van der Waals surface area (Å²) in [5, 5.41) is 11.1. The number of aromatic nitrogens is 3. The van der Waals surface area contributed by atoms with Crippen molar-refractivity contribution in [2.24, 2.45) is 0 Å². The van der Waals surface area contributed by atoms with Crippen LogP contribution in [0.1, 0.15) is 23.9 Å². The molecule has 2 aromatic carbocycles. The quantitative estimate of drug-likeness (QED) is 0.394. The van der Waals surface area contributed by atoms with E-state index in [2.05, 4.69) is 31.4 Å². The third kappa shape index (κ3) is 5.30. The summed E-state index contributed by atoms with van der Waals surface area (Å²) in [7, 11) is 0. The van der Waals surface area contributed by atoms with E-state index in [1.54, 1.807) is 6.92 Å². The molecule has 7 nitrogen and oxygen atoms in total. The summed E-state index contributed by atoms with van der Waals surface area (Å²) >= 11 is 4.61. The van der Waals surface area contributed by atoms with Crippen LogP contribution in [-0.4, -0.2) is 26.0 Å². The Morgan fingerprint density at radius 2 is 1.86 bits per heavy atom. The van der Waals surface area contributed by atoms with E-state index < -0.39 is 5.25 Å². The largest absolute Gasteiger partial charge is 0.485 e. The number of thioether (sulfide) groups is 1. The van der Waals surface area contributed by atoms with Gasteiger partial charge in [0.1, 0.15) is 12.4 Å². The van der Waals surface area contributed by atoms with E-state index in [1.165, 1.54) is 16.4 Å². The molecule has 1 heterocycles. The minimum atomic E-state index is -0.405. The molecule has 0 spiro atoms. The predicted octanol–water partition coefficient (Wildman–Crippen LogP) is 4.07. The molecule has 1 amide bonds. The van der Waals surface area contributed by atoms with Crippen LogP contribution in [0.3, 0.4) is 0 Å². The smallest absolute Gasteiger partial charge is 0.237 e. The van der Waals surface area contributed by atoms with Crippen LogP contribution < -0.4 is 15.9 Å². The fourth-order valence-electron chi connectivity index (χ4n) is 2.64. The number of aryl methyl sites for hydroxylation is 2. The lowest BCUT2D eigenvalue weighted by molar-refractivity contribution is -0.115. The fraction of sp³-hybridized carbons (Fsp3) is 0.250. The highest BCUT2D eigenvalue weighted by molar-refractivity contribution is 9.10. The number of hydrogen-bond donors (Lipinski definition) is 2. The molecule has 9 heteroatoms. The van der Waals surface area contributed by atoms with Gasteiger partial charge in [0.25, 0.3) is 0 Å². The number of anilines is 1. The van der Waals surface area contributed by atoms with Crippen LogP contribution in [0.4, 0.5) is 5.69 Å². The highest BCUT2D eigenvalue weighted by Crippen LogP contribution is 2.25. The van der Waals surface area contributed by atoms with E-state index in [4.69, 9.17) is 10.6 Å². The number of nitrogens with one attached hydrogen (secondary N) is 1. The summed E-state index contributed by atoms with van der Waals surface area (Å²) in [5.74, 6) is 7.26. The SMILES string of the molecule is Cc1cccc(C)c1OCc1nnc(SC(C)C(=O)Nc2ccc(Br)cc2)n1N. The number of rotatable bonds is 7. The summed E-state index contributed by atoms with van der Waals surface area (Å²) in [6.45, 7) is 5.96. The Morgan fingerprint density at radius 3 is 2.52 bits per heavy atom. The molecule has 29 heavy (non-hydrogen) atoms. The van der Waals surface area contributed by atoms with Gasteiger partial charge in [-0.1, -0.05) is 45.9 Å². The van der Waals surface area contributed by atoms with Crippen LogP contribution >= 0.6 is 27.7 Å². The number of carbonyl (C=O) groups excluding carboxylic acids is 1. The lowest BCUT2D eigenvalue weighted by Crippen LogP contribution is -2.24. The first kappa shape index (κ1) is 21.2. The summed E-state index contributed by atoms with van der Waals surface area (Å²) in [6, 6.07) is 13.4. The molecule has 0 aliphatic heterocycles.